The van der Waals surface area contributed by atoms with Gasteiger partial charge in [0.2, 0.25) is 0 Å². The molecule has 0 radical (unpaired) electrons. The van der Waals surface area contributed by atoms with Crippen LogP contribution in [0.15, 0.2) is 33.2 Å². The van der Waals surface area contributed by atoms with Gasteiger partial charge in [0.15, 0.2) is 0 Å². The van der Waals surface area contributed by atoms with Crippen molar-refractivity contribution in [3.05, 3.63) is 53.8 Å². The molecule has 0 bridgehead atoms. The Labute approximate surface area is 131 Å². The molecule has 96 valence electrons. The number of hydrogen-bond acceptors (Lipinski definition) is 2. The van der Waals surface area contributed by atoms with Crippen LogP contribution in [0.3, 0.4) is 0 Å². The van der Waals surface area contributed by atoms with Crippen LogP contribution in [-0.4, -0.2) is 0 Å². The molecule has 0 atom stereocenters. The van der Waals surface area contributed by atoms with E-state index < -0.39 is 0 Å². The Morgan fingerprint density at radius 1 is 1.17 bits per heavy atom. The fraction of sp³-hybridized carbons (Fsp3) is 0.167. The molecule has 18 heavy (non-hydrogen) atoms. The van der Waals surface area contributed by atoms with Crippen molar-refractivity contribution in [2.75, 3.05) is 0 Å². The molecule has 0 saturated heterocycles. The maximum absolute atomic E-state index is 13.1. The summed E-state index contributed by atoms with van der Waals surface area (Å²) in [5.41, 5.74) is 0.900. The largest absolute Gasteiger partial charge is 0.308 e. The number of halogens is 4. The van der Waals surface area contributed by atoms with E-state index in [1.54, 1.807) is 6.07 Å². The second-order valence-electron chi connectivity index (χ2n) is 3.67. The summed E-state index contributed by atoms with van der Waals surface area (Å²) in [6.07, 6.45) is 0. The van der Waals surface area contributed by atoms with E-state index in [4.69, 9.17) is 11.6 Å². The first kappa shape index (κ1) is 14.5. The summed E-state index contributed by atoms with van der Waals surface area (Å²) in [5, 5.41) is 3.26. The third-order valence-electron chi connectivity index (χ3n) is 2.32. The lowest BCUT2D eigenvalue weighted by molar-refractivity contribution is 0.620. The molecule has 0 fully saturated rings. The number of rotatable bonds is 4. The lowest BCUT2D eigenvalue weighted by Crippen LogP contribution is -2.12. The van der Waals surface area contributed by atoms with Crippen molar-refractivity contribution in [2.24, 2.45) is 0 Å². The van der Waals surface area contributed by atoms with Crippen molar-refractivity contribution < 1.29 is 4.39 Å². The Hall–Kier alpha value is 0.0600. The molecule has 1 N–H and O–H groups in total. The van der Waals surface area contributed by atoms with Gasteiger partial charge in [-0.25, -0.2) is 4.39 Å². The number of benzene rings is 1. The Morgan fingerprint density at radius 3 is 2.61 bits per heavy atom. The van der Waals surface area contributed by atoms with Crippen molar-refractivity contribution >= 4 is 54.8 Å². The van der Waals surface area contributed by atoms with E-state index in [0.717, 1.165) is 23.7 Å². The van der Waals surface area contributed by atoms with Crippen LogP contribution in [-0.2, 0) is 13.1 Å². The highest BCUT2D eigenvalue weighted by Gasteiger charge is 2.05. The molecule has 0 aliphatic heterocycles. The minimum Gasteiger partial charge on any atom is -0.308 e. The highest BCUT2D eigenvalue weighted by atomic mass is 79.9. The maximum atomic E-state index is 13.1. The standard InChI is InChI=1S/C12H9Br2ClFNS/c13-10-2-1-8(16)3-7(10)5-17-6-9-4-11(14)12(15)18-9/h1-4,17H,5-6H2. The van der Waals surface area contributed by atoms with E-state index in [9.17, 15) is 4.39 Å². The Balaban J connectivity index is 1.94. The van der Waals surface area contributed by atoms with Crippen LogP contribution in [0, 0.1) is 5.82 Å². The molecule has 0 aliphatic rings. The lowest BCUT2D eigenvalue weighted by atomic mass is 10.2. The van der Waals surface area contributed by atoms with Gasteiger partial charge in [-0.05, 0) is 45.8 Å². The summed E-state index contributed by atoms with van der Waals surface area (Å²) < 4.78 is 15.7. The summed E-state index contributed by atoms with van der Waals surface area (Å²) in [6, 6.07) is 6.66. The molecule has 0 saturated carbocycles. The molecular weight excluding hydrogens is 404 g/mol. The van der Waals surface area contributed by atoms with Gasteiger partial charge < -0.3 is 5.32 Å². The molecule has 1 aromatic heterocycles. The van der Waals surface area contributed by atoms with Crippen molar-refractivity contribution in [1.82, 2.24) is 5.32 Å². The second-order valence-corrected chi connectivity index (χ2v) is 7.12. The average Bonchev–Trinajstić information content (AvgIpc) is 2.63. The predicted molar refractivity (Wildman–Crippen MR) is 81.7 cm³/mol. The summed E-state index contributed by atoms with van der Waals surface area (Å²) in [4.78, 5) is 1.14. The number of thiophene rings is 1. The van der Waals surface area contributed by atoms with E-state index in [1.165, 1.54) is 23.5 Å². The van der Waals surface area contributed by atoms with Crippen molar-refractivity contribution in [2.45, 2.75) is 13.1 Å². The van der Waals surface area contributed by atoms with Crippen molar-refractivity contribution in [1.29, 1.82) is 0 Å². The zero-order valence-electron chi connectivity index (χ0n) is 9.14. The van der Waals surface area contributed by atoms with Crippen LogP contribution in [0.25, 0.3) is 0 Å². The van der Waals surface area contributed by atoms with Gasteiger partial charge in [0.25, 0.3) is 0 Å². The van der Waals surface area contributed by atoms with Gasteiger partial charge in [-0.15, -0.1) is 11.3 Å². The van der Waals surface area contributed by atoms with E-state index in [-0.39, 0.29) is 5.82 Å². The maximum Gasteiger partial charge on any atom is 0.123 e. The number of nitrogens with one attached hydrogen (secondary N) is 1. The number of hydrogen-bond donors (Lipinski definition) is 1. The SMILES string of the molecule is Fc1ccc(Br)c(CNCc2cc(Br)c(Cl)s2)c1. The van der Waals surface area contributed by atoms with E-state index in [0.29, 0.717) is 13.1 Å². The first-order valence-corrected chi connectivity index (χ1v) is 7.92. The monoisotopic (exact) mass is 411 g/mol. The normalized spacial score (nSPS) is 10.9. The van der Waals surface area contributed by atoms with Gasteiger partial charge in [0, 0.05) is 26.9 Å². The molecular formula is C12H9Br2ClFNS. The highest BCUT2D eigenvalue weighted by Crippen LogP contribution is 2.31. The van der Waals surface area contributed by atoms with Crippen LogP contribution in [0.2, 0.25) is 4.34 Å². The molecule has 1 nitrogen and oxygen atoms in total. The Bertz CT molecular complexity index is 540. The predicted octanol–water partition coefficient (Wildman–Crippen LogP) is 5.36. The fourth-order valence-corrected chi connectivity index (χ4v) is 3.62. The van der Waals surface area contributed by atoms with E-state index in [2.05, 4.69) is 37.2 Å². The molecule has 2 rings (SSSR count). The molecule has 1 aromatic carbocycles. The summed E-state index contributed by atoms with van der Waals surface area (Å²) in [5.74, 6) is -0.225. The summed E-state index contributed by atoms with van der Waals surface area (Å²) in [7, 11) is 0. The van der Waals surface area contributed by atoms with Crippen LogP contribution in [0.4, 0.5) is 4.39 Å². The molecule has 6 heteroatoms. The van der Waals surface area contributed by atoms with Crippen molar-refractivity contribution in [3.8, 4) is 0 Å². The van der Waals surface area contributed by atoms with Crippen LogP contribution < -0.4 is 5.32 Å². The summed E-state index contributed by atoms with van der Waals surface area (Å²) >= 11 is 14.3. The van der Waals surface area contributed by atoms with Gasteiger partial charge in [-0.3, -0.25) is 0 Å². The lowest BCUT2D eigenvalue weighted by Gasteiger charge is -2.06. The van der Waals surface area contributed by atoms with E-state index >= 15 is 0 Å². The average molecular weight is 414 g/mol. The van der Waals surface area contributed by atoms with E-state index in [1.807, 2.05) is 6.07 Å². The van der Waals surface area contributed by atoms with Gasteiger partial charge in [-0.2, -0.15) is 0 Å². The molecule has 0 amide bonds. The Kier molecular flexibility index (Phi) is 5.21. The van der Waals surface area contributed by atoms with Gasteiger partial charge in [0.05, 0.1) is 0 Å². The molecule has 1 heterocycles. The zero-order chi connectivity index (χ0) is 13.1. The summed E-state index contributed by atoms with van der Waals surface area (Å²) in [6.45, 7) is 1.31. The minimum atomic E-state index is -0.225. The van der Waals surface area contributed by atoms with Gasteiger partial charge in [-0.1, -0.05) is 27.5 Å². The third kappa shape index (κ3) is 3.78. The van der Waals surface area contributed by atoms with Crippen LogP contribution in [0.5, 0.6) is 0 Å². The fourth-order valence-electron chi connectivity index (χ4n) is 1.48. The van der Waals surface area contributed by atoms with Gasteiger partial charge >= 0.3 is 0 Å². The topological polar surface area (TPSA) is 12.0 Å². The highest BCUT2D eigenvalue weighted by molar-refractivity contribution is 9.10. The first-order chi connectivity index (χ1) is 8.56. The molecule has 0 aliphatic carbocycles. The zero-order valence-corrected chi connectivity index (χ0v) is 13.9. The molecule has 0 spiro atoms. The first-order valence-electron chi connectivity index (χ1n) is 5.14. The van der Waals surface area contributed by atoms with Crippen molar-refractivity contribution in [3.63, 3.8) is 0 Å². The van der Waals surface area contributed by atoms with Crippen LogP contribution in [0.1, 0.15) is 10.4 Å². The molecule has 0 unspecified atom stereocenters. The molecule has 2 aromatic rings. The quantitative estimate of drug-likeness (QED) is 0.712. The van der Waals surface area contributed by atoms with Gasteiger partial charge in [0.1, 0.15) is 10.2 Å². The Morgan fingerprint density at radius 2 is 1.94 bits per heavy atom. The minimum absolute atomic E-state index is 0.225. The third-order valence-corrected chi connectivity index (χ3v) is 5.57. The van der Waals surface area contributed by atoms with Crippen LogP contribution >= 0.6 is 54.8 Å². The smallest absolute Gasteiger partial charge is 0.123 e. The second kappa shape index (κ2) is 6.48.